The zero-order valence-corrected chi connectivity index (χ0v) is 12.0. The smallest absolute Gasteiger partial charge is 0.338 e. The molecular weight excluding hydrogens is 276 g/mol. The van der Waals surface area contributed by atoms with Gasteiger partial charge in [-0.15, -0.1) is 0 Å². The van der Waals surface area contributed by atoms with Gasteiger partial charge < -0.3 is 18.9 Å². The van der Waals surface area contributed by atoms with E-state index < -0.39 is 30.4 Å². The molecular formula is C15H18O6. The molecule has 0 radical (unpaired) electrons. The molecule has 0 amide bonds. The van der Waals surface area contributed by atoms with Crippen molar-refractivity contribution < 1.29 is 28.5 Å². The molecule has 0 unspecified atom stereocenters. The van der Waals surface area contributed by atoms with E-state index in [1.54, 1.807) is 0 Å². The average Bonchev–Trinajstić information content (AvgIpc) is 2.96. The van der Waals surface area contributed by atoms with Crippen LogP contribution >= 0.6 is 0 Å². The number of aryl methyl sites for hydroxylation is 1. The monoisotopic (exact) mass is 294 g/mol. The molecule has 0 saturated carbocycles. The lowest BCUT2D eigenvalue weighted by atomic mass is 10.1. The van der Waals surface area contributed by atoms with Gasteiger partial charge in [0.05, 0.1) is 14.2 Å². The van der Waals surface area contributed by atoms with Crippen LogP contribution in [0.5, 0.6) is 0 Å². The predicted octanol–water partition coefficient (Wildman–Crippen LogP) is 1.08. The molecule has 1 saturated heterocycles. The summed E-state index contributed by atoms with van der Waals surface area (Å²) in [5.74, 6) is -1.29. The Kier molecular flexibility index (Phi) is 5.30. The molecule has 114 valence electrons. The summed E-state index contributed by atoms with van der Waals surface area (Å²) in [7, 11) is 2.47. The van der Waals surface area contributed by atoms with Crippen LogP contribution in [-0.4, -0.2) is 44.7 Å². The van der Waals surface area contributed by atoms with Gasteiger partial charge in [-0.05, 0) is 12.0 Å². The summed E-state index contributed by atoms with van der Waals surface area (Å²) in [6.07, 6.45) is -1.55. The Labute approximate surface area is 122 Å². The van der Waals surface area contributed by atoms with Gasteiger partial charge in [0.15, 0.2) is 18.5 Å². The zero-order chi connectivity index (χ0) is 15.2. The van der Waals surface area contributed by atoms with Crippen LogP contribution < -0.4 is 0 Å². The number of benzene rings is 1. The van der Waals surface area contributed by atoms with Crippen molar-refractivity contribution in [2.45, 2.75) is 31.3 Å². The van der Waals surface area contributed by atoms with E-state index in [4.69, 9.17) is 9.47 Å². The van der Waals surface area contributed by atoms with E-state index in [0.717, 1.165) is 5.56 Å². The Morgan fingerprint density at radius 3 is 2.00 bits per heavy atom. The maximum Gasteiger partial charge on any atom is 0.338 e. The quantitative estimate of drug-likeness (QED) is 0.757. The molecule has 2 atom stereocenters. The van der Waals surface area contributed by atoms with Crippen LogP contribution in [0, 0.1) is 0 Å². The molecule has 6 heteroatoms. The molecule has 1 aromatic rings. The lowest BCUT2D eigenvalue weighted by molar-refractivity contribution is -0.160. The average molecular weight is 294 g/mol. The van der Waals surface area contributed by atoms with Crippen molar-refractivity contribution in [3.8, 4) is 0 Å². The summed E-state index contributed by atoms with van der Waals surface area (Å²) in [4.78, 5) is 23.3. The van der Waals surface area contributed by atoms with E-state index in [-0.39, 0.29) is 0 Å². The van der Waals surface area contributed by atoms with Crippen LogP contribution in [0.3, 0.4) is 0 Å². The van der Waals surface area contributed by atoms with Crippen LogP contribution in [0.15, 0.2) is 30.3 Å². The molecule has 2 rings (SSSR count). The van der Waals surface area contributed by atoms with E-state index in [2.05, 4.69) is 9.47 Å². The normalized spacial score (nSPS) is 22.0. The molecule has 6 nitrogen and oxygen atoms in total. The minimum atomic E-state index is -1.08. The first-order valence-electron chi connectivity index (χ1n) is 6.66. The van der Waals surface area contributed by atoms with E-state index in [1.807, 2.05) is 30.3 Å². The highest BCUT2D eigenvalue weighted by molar-refractivity contribution is 5.86. The third kappa shape index (κ3) is 3.80. The second-order valence-corrected chi connectivity index (χ2v) is 4.61. The highest BCUT2D eigenvalue weighted by Crippen LogP contribution is 2.24. The molecule has 1 aliphatic heterocycles. The van der Waals surface area contributed by atoms with Gasteiger partial charge in [0, 0.05) is 6.42 Å². The van der Waals surface area contributed by atoms with Crippen LogP contribution in [-0.2, 0) is 35.0 Å². The first-order valence-corrected chi connectivity index (χ1v) is 6.66. The third-order valence-corrected chi connectivity index (χ3v) is 3.25. The fourth-order valence-corrected chi connectivity index (χ4v) is 2.16. The van der Waals surface area contributed by atoms with E-state index in [1.165, 1.54) is 14.2 Å². The summed E-state index contributed by atoms with van der Waals surface area (Å²) < 4.78 is 20.2. The maximum atomic E-state index is 11.6. The topological polar surface area (TPSA) is 71.1 Å². The van der Waals surface area contributed by atoms with Gasteiger partial charge in [-0.2, -0.15) is 0 Å². The number of hydrogen-bond acceptors (Lipinski definition) is 6. The lowest BCUT2D eigenvalue weighted by Crippen LogP contribution is -2.38. The van der Waals surface area contributed by atoms with Crippen LogP contribution in [0.4, 0.5) is 0 Å². The van der Waals surface area contributed by atoms with Gasteiger partial charge in [-0.3, -0.25) is 0 Å². The molecule has 0 bridgehead atoms. The Balaban J connectivity index is 1.96. The van der Waals surface area contributed by atoms with Crippen molar-refractivity contribution in [3.63, 3.8) is 0 Å². The molecule has 0 aliphatic carbocycles. The van der Waals surface area contributed by atoms with Crippen LogP contribution in [0.25, 0.3) is 0 Å². The summed E-state index contributed by atoms with van der Waals surface area (Å²) in [6.45, 7) is 0. The number of methoxy groups -OCH3 is 2. The second-order valence-electron chi connectivity index (χ2n) is 4.61. The molecule has 1 fully saturated rings. The Bertz CT molecular complexity index is 462. The number of ether oxygens (including phenoxy) is 4. The van der Waals surface area contributed by atoms with E-state index in [0.29, 0.717) is 12.8 Å². The van der Waals surface area contributed by atoms with Gasteiger partial charge in [0.1, 0.15) is 0 Å². The Morgan fingerprint density at radius 1 is 1.00 bits per heavy atom. The van der Waals surface area contributed by atoms with Crippen molar-refractivity contribution in [1.82, 2.24) is 0 Å². The van der Waals surface area contributed by atoms with Crippen LogP contribution in [0.2, 0.25) is 0 Å². The SMILES string of the molecule is COC(=O)[C@H]1OC(CCc2ccccc2)O[C@@H]1C(=O)OC. The molecule has 1 aliphatic rings. The van der Waals surface area contributed by atoms with E-state index in [9.17, 15) is 9.59 Å². The van der Waals surface area contributed by atoms with Crippen molar-refractivity contribution in [2.75, 3.05) is 14.2 Å². The second kappa shape index (κ2) is 7.19. The molecule has 0 N–H and O–H groups in total. The molecule has 21 heavy (non-hydrogen) atoms. The van der Waals surface area contributed by atoms with Crippen molar-refractivity contribution in [3.05, 3.63) is 35.9 Å². The number of hydrogen-bond donors (Lipinski definition) is 0. The number of carbonyl (C=O) groups excluding carboxylic acids is 2. The highest BCUT2D eigenvalue weighted by atomic mass is 16.8. The fourth-order valence-electron chi connectivity index (χ4n) is 2.16. The zero-order valence-electron chi connectivity index (χ0n) is 12.0. The number of rotatable bonds is 5. The van der Waals surface area contributed by atoms with Gasteiger partial charge in [0.25, 0.3) is 0 Å². The molecule has 0 aromatic heterocycles. The fraction of sp³-hybridized carbons (Fsp3) is 0.467. The minimum absolute atomic E-state index is 0.533. The van der Waals surface area contributed by atoms with Crippen LogP contribution in [0.1, 0.15) is 12.0 Å². The van der Waals surface area contributed by atoms with E-state index >= 15 is 0 Å². The van der Waals surface area contributed by atoms with Gasteiger partial charge in [-0.25, -0.2) is 9.59 Å². The largest absolute Gasteiger partial charge is 0.467 e. The van der Waals surface area contributed by atoms with Gasteiger partial charge >= 0.3 is 11.9 Å². The van der Waals surface area contributed by atoms with Gasteiger partial charge in [0.2, 0.25) is 0 Å². The Morgan fingerprint density at radius 2 is 1.52 bits per heavy atom. The lowest BCUT2D eigenvalue weighted by Gasteiger charge is -2.11. The first-order chi connectivity index (χ1) is 10.2. The summed E-state index contributed by atoms with van der Waals surface area (Å²) >= 11 is 0. The van der Waals surface area contributed by atoms with Crippen molar-refractivity contribution >= 4 is 11.9 Å². The molecule has 0 spiro atoms. The maximum absolute atomic E-state index is 11.6. The van der Waals surface area contributed by atoms with Crippen molar-refractivity contribution in [2.24, 2.45) is 0 Å². The standard InChI is InChI=1S/C15H18O6/c1-18-14(16)12-13(15(17)19-2)21-11(20-12)9-8-10-6-4-3-5-7-10/h3-7,11-13H,8-9H2,1-2H3/t12-,13-/m0/s1. The third-order valence-electron chi connectivity index (χ3n) is 3.25. The molecule has 1 aromatic carbocycles. The first kappa shape index (κ1) is 15.5. The van der Waals surface area contributed by atoms with Crippen molar-refractivity contribution in [1.29, 1.82) is 0 Å². The summed E-state index contributed by atoms with van der Waals surface area (Å²) in [5.41, 5.74) is 1.13. The highest BCUT2D eigenvalue weighted by Gasteiger charge is 2.46. The van der Waals surface area contributed by atoms with Gasteiger partial charge in [-0.1, -0.05) is 30.3 Å². The predicted molar refractivity (Wildman–Crippen MR) is 72.3 cm³/mol. The number of esters is 2. The molecule has 1 heterocycles. The summed E-state index contributed by atoms with van der Waals surface area (Å²) in [5, 5.41) is 0. The minimum Gasteiger partial charge on any atom is -0.467 e. The number of carbonyl (C=O) groups is 2. The Hall–Kier alpha value is -1.92. The summed E-state index contributed by atoms with van der Waals surface area (Å²) in [6, 6.07) is 9.81.